The molecule has 3 aliphatic rings. The predicted octanol–water partition coefficient (Wildman–Crippen LogP) is 1.75. The molecular formula is C17H25N3O3S2. The summed E-state index contributed by atoms with van der Waals surface area (Å²) in [5.41, 5.74) is 0.344. The first-order valence-electron chi connectivity index (χ1n) is 9.10. The number of sulfonamides is 1. The number of hydrogen-bond donors (Lipinski definition) is 1. The number of likely N-dealkylation sites (tertiary alicyclic amines) is 1. The number of nitrogens with zero attached hydrogens (tertiary/aromatic N) is 2. The molecule has 3 fully saturated rings. The molecule has 0 radical (unpaired) electrons. The van der Waals surface area contributed by atoms with Gasteiger partial charge >= 0.3 is 0 Å². The summed E-state index contributed by atoms with van der Waals surface area (Å²) < 4.78 is 27.2. The first-order valence-corrected chi connectivity index (χ1v) is 11.4. The third-order valence-electron chi connectivity index (χ3n) is 5.95. The van der Waals surface area contributed by atoms with Gasteiger partial charge in [0, 0.05) is 32.7 Å². The van der Waals surface area contributed by atoms with Crippen molar-refractivity contribution in [2.75, 3.05) is 39.3 Å². The second kappa shape index (κ2) is 6.64. The van der Waals surface area contributed by atoms with E-state index in [1.807, 2.05) is 4.90 Å². The minimum absolute atomic E-state index is 0.117. The minimum atomic E-state index is -3.55. The molecule has 3 saturated heterocycles. The highest BCUT2D eigenvalue weighted by Crippen LogP contribution is 2.38. The van der Waals surface area contributed by atoms with Crippen LogP contribution in [-0.4, -0.2) is 62.8 Å². The lowest BCUT2D eigenvalue weighted by atomic mass is 9.78. The lowest BCUT2D eigenvalue weighted by Crippen LogP contribution is -2.44. The van der Waals surface area contributed by atoms with E-state index in [0.717, 1.165) is 51.9 Å². The van der Waals surface area contributed by atoms with Crippen molar-refractivity contribution >= 4 is 27.3 Å². The van der Waals surface area contributed by atoms with Crippen LogP contribution in [0.15, 0.2) is 16.3 Å². The van der Waals surface area contributed by atoms with Crippen molar-refractivity contribution in [3.8, 4) is 0 Å². The topological polar surface area (TPSA) is 69.7 Å². The second-order valence-corrected chi connectivity index (χ2v) is 10.3. The molecule has 4 rings (SSSR count). The molecule has 6 nitrogen and oxygen atoms in total. The van der Waals surface area contributed by atoms with Crippen LogP contribution in [0.2, 0.25) is 0 Å². The Labute approximate surface area is 153 Å². The Morgan fingerprint density at radius 2 is 1.84 bits per heavy atom. The number of hydrogen-bond acceptors (Lipinski definition) is 5. The van der Waals surface area contributed by atoms with Crippen LogP contribution in [0.25, 0.3) is 0 Å². The van der Waals surface area contributed by atoms with E-state index in [2.05, 4.69) is 5.32 Å². The van der Waals surface area contributed by atoms with Crippen molar-refractivity contribution in [2.45, 2.75) is 37.0 Å². The van der Waals surface area contributed by atoms with Gasteiger partial charge in [-0.05, 0) is 55.5 Å². The number of amides is 1. The quantitative estimate of drug-likeness (QED) is 0.863. The summed E-state index contributed by atoms with van der Waals surface area (Å²) >= 11 is 1.25. The number of thiophene rings is 1. The second-order valence-electron chi connectivity index (χ2n) is 7.44. The standard InChI is InChI=1S/C17H25N3O3S2/c21-16(19-10-5-17(6-11-19)4-7-18-13-17)15-14(3-12-24-15)25(22,23)20-8-1-2-9-20/h3,12,18H,1-2,4-11,13H2. The molecule has 1 N–H and O–H groups in total. The normalized spacial score (nSPS) is 24.2. The zero-order valence-corrected chi connectivity index (χ0v) is 16.0. The molecule has 25 heavy (non-hydrogen) atoms. The number of nitrogens with one attached hydrogen (secondary N) is 1. The van der Waals surface area contributed by atoms with Crippen LogP contribution in [0.1, 0.15) is 41.8 Å². The van der Waals surface area contributed by atoms with E-state index in [4.69, 9.17) is 0 Å². The molecule has 8 heteroatoms. The average molecular weight is 384 g/mol. The van der Waals surface area contributed by atoms with E-state index in [1.54, 1.807) is 11.4 Å². The minimum Gasteiger partial charge on any atom is -0.338 e. The van der Waals surface area contributed by atoms with Gasteiger partial charge in [-0.1, -0.05) is 0 Å². The zero-order valence-electron chi connectivity index (χ0n) is 14.4. The smallest absolute Gasteiger partial charge is 0.265 e. The molecule has 1 aromatic rings. The van der Waals surface area contributed by atoms with Crippen molar-refractivity contribution in [2.24, 2.45) is 5.41 Å². The molecule has 1 amide bonds. The van der Waals surface area contributed by atoms with E-state index >= 15 is 0 Å². The van der Waals surface area contributed by atoms with Crippen molar-refractivity contribution in [3.05, 3.63) is 16.3 Å². The van der Waals surface area contributed by atoms with Crippen LogP contribution in [0.3, 0.4) is 0 Å². The number of carbonyl (C=O) groups is 1. The van der Waals surface area contributed by atoms with Crippen LogP contribution in [0, 0.1) is 5.41 Å². The zero-order chi connectivity index (χ0) is 17.5. The van der Waals surface area contributed by atoms with Crippen LogP contribution in [0.5, 0.6) is 0 Å². The molecule has 0 aliphatic carbocycles. The van der Waals surface area contributed by atoms with Gasteiger partial charge in [-0.25, -0.2) is 8.42 Å². The third-order valence-corrected chi connectivity index (χ3v) is 8.92. The van der Waals surface area contributed by atoms with Crippen LogP contribution in [0.4, 0.5) is 0 Å². The molecule has 1 spiro atoms. The summed E-state index contributed by atoms with van der Waals surface area (Å²) in [5, 5.41) is 5.15. The molecule has 0 atom stereocenters. The Hall–Kier alpha value is -0.960. The van der Waals surface area contributed by atoms with Crippen LogP contribution < -0.4 is 5.32 Å². The predicted molar refractivity (Wildman–Crippen MR) is 97.4 cm³/mol. The Morgan fingerprint density at radius 1 is 1.12 bits per heavy atom. The first kappa shape index (κ1) is 17.5. The molecule has 0 bridgehead atoms. The maximum Gasteiger partial charge on any atom is 0.265 e. The van der Waals surface area contributed by atoms with E-state index < -0.39 is 10.0 Å². The van der Waals surface area contributed by atoms with Gasteiger partial charge in [0.2, 0.25) is 10.0 Å². The third kappa shape index (κ3) is 3.13. The Kier molecular flexibility index (Phi) is 4.64. The molecule has 0 aromatic carbocycles. The number of carbonyl (C=O) groups excluding carboxylic acids is 1. The van der Waals surface area contributed by atoms with Crippen molar-refractivity contribution in [1.82, 2.24) is 14.5 Å². The SMILES string of the molecule is O=C(c1sccc1S(=O)(=O)N1CCCC1)N1CCC2(CCNC2)CC1. The Bertz CT molecular complexity index is 737. The Balaban J connectivity index is 1.51. The summed E-state index contributed by atoms with van der Waals surface area (Å²) in [6.45, 7) is 4.68. The van der Waals surface area contributed by atoms with E-state index in [1.165, 1.54) is 22.1 Å². The molecule has 1 aromatic heterocycles. The van der Waals surface area contributed by atoms with Gasteiger partial charge in [-0.3, -0.25) is 4.79 Å². The van der Waals surface area contributed by atoms with Crippen LogP contribution >= 0.6 is 11.3 Å². The van der Waals surface area contributed by atoms with Gasteiger partial charge in [0.05, 0.1) is 0 Å². The van der Waals surface area contributed by atoms with Gasteiger partial charge in [0.25, 0.3) is 5.91 Å². The van der Waals surface area contributed by atoms with Gasteiger partial charge < -0.3 is 10.2 Å². The summed E-state index contributed by atoms with van der Waals surface area (Å²) in [5.74, 6) is -0.117. The van der Waals surface area contributed by atoms with Crippen molar-refractivity contribution in [3.63, 3.8) is 0 Å². The molecule has 138 valence electrons. The van der Waals surface area contributed by atoms with Gasteiger partial charge in [-0.2, -0.15) is 4.31 Å². The van der Waals surface area contributed by atoms with Gasteiger partial charge in [0.15, 0.2) is 0 Å². The van der Waals surface area contributed by atoms with Gasteiger partial charge in [-0.15, -0.1) is 11.3 Å². The fourth-order valence-corrected chi connectivity index (χ4v) is 7.15. The lowest BCUT2D eigenvalue weighted by Gasteiger charge is -2.38. The van der Waals surface area contributed by atoms with E-state index in [0.29, 0.717) is 23.4 Å². The van der Waals surface area contributed by atoms with Gasteiger partial charge in [0.1, 0.15) is 9.77 Å². The lowest BCUT2D eigenvalue weighted by molar-refractivity contribution is 0.0609. The number of rotatable bonds is 3. The van der Waals surface area contributed by atoms with Crippen molar-refractivity contribution in [1.29, 1.82) is 0 Å². The summed E-state index contributed by atoms with van der Waals surface area (Å²) in [6, 6.07) is 1.60. The highest BCUT2D eigenvalue weighted by Gasteiger charge is 2.39. The maximum absolute atomic E-state index is 13.0. The first-order chi connectivity index (χ1) is 12.0. The van der Waals surface area contributed by atoms with Crippen LogP contribution in [-0.2, 0) is 10.0 Å². The molecular weight excluding hydrogens is 358 g/mol. The average Bonchev–Trinajstić information content (AvgIpc) is 3.36. The maximum atomic E-state index is 13.0. The summed E-state index contributed by atoms with van der Waals surface area (Å²) in [6.07, 6.45) is 4.99. The molecule has 4 heterocycles. The van der Waals surface area contributed by atoms with Crippen molar-refractivity contribution < 1.29 is 13.2 Å². The van der Waals surface area contributed by atoms with E-state index in [-0.39, 0.29) is 10.8 Å². The Morgan fingerprint density at radius 3 is 2.48 bits per heavy atom. The highest BCUT2D eigenvalue weighted by atomic mass is 32.2. The highest BCUT2D eigenvalue weighted by molar-refractivity contribution is 7.89. The molecule has 3 aliphatic heterocycles. The molecule has 0 unspecified atom stereocenters. The number of piperidine rings is 1. The summed E-state index contributed by atoms with van der Waals surface area (Å²) in [4.78, 5) is 15.4. The summed E-state index contributed by atoms with van der Waals surface area (Å²) in [7, 11) is -3.55. The largest absolute Gasteiger partial charge is 0.338 e. The monoisotopic (exact) mass is 383 g/mol. The fourth-order valence-electron chi connectivity index (χ4n) is 4.27. The fraction of sp³-hybridized carbons (Fsp3) is 0.706. The van der Waals surface area contributed by atoms with E-state index in [9.17, 15) is 13.2 Å². The molecule has 0 saturated carbocycles.